The number of carbonyl (C=O) groups excluding carboxylic acids is 1. The van der Waals surface area contributed by atoms with E-state index in [0.717, 1.165) is 64.3 Å². The molecule has 4 fully saturated rings. The van der Waals surface area contributed by atoms with Crippen LogP contribution in [0.3, 0.4) is 0 Å². The molecule has 4 aliphatic rings. The lowest BCUT2D eigenvalue weighted by molar-refractivity contribution is -0.153. The Hall–Kier alpha value is -0.650. The molecule has 7 N–H and O–H groups in total. The minimum atomic E-state index is -0.874. The minimum absolute atomic E-state index is 0.0717. The van der Waals surface area contributed by atoms with Crippen LogP contribution in [0.15, 0.2) is 0 Å². The van der Waals surface area contributed by atoms with Crippen molar-refractivity contribution in [2.75, 3.05) is 13.7 Å². The molecule has 41 heavy (non-hydrogen) atoms. The highest BCUT2D eigenvalue weighted by molar-refractivity contribution is 5.81. The summed E-state index contributed by atoms with van der Waals surface area (Å²) in [5.74, 6) is 0.459. The Balaban J connectivity index is 1.32. The van der Waals surface area contributed by atoms with Gasteiger partial charge in [0.15, 0.2) is 0 Å². The molecule has 11 unspecified atom stereocenters. The quantitative estimate of drug-likeness (QED) is 0.192. The molecule has 4 rings (SSSR count). The number of rotatable bonds is 13. The molecular formula is C32H58N2O7. The summed E-state index contributed by atoms with van der Waals surface area (Å²) in [5, 5.41) is 46.0. The lowest BCUT2D eigenvalue weighted by Crippen LogP contribution is -2.47. The molecule has 1 aliphatic heterocycles. The van der Waals surface area contributed by atoms with E-state index in [1.807, 2.05) is 0 Å². The molecule has 0 aromatic heterocycles. The Labute approximate surface area is 246 Å². The van der Waals surface area contributed by atoms with Gasteiger partial charge in [0.05, 0.1) is 42.8 Å². The SMILES string of the molecule is COC1CC(CCC(O)C(CC2CCNC(N)C2)C(=O)CCC2CC(O)C(O)C(OC3CCCCC3)C2)CCC1O. The number of nitrogens with one attached hydrogen (secondary N) is 1. The van der Waals surface area contributed by atoms with Gasteiger partial charge in [0, 0.05) is 19.4 Å². The number of nitrogens with two attached hydrogens (primary N) is 1. The van der Waals surface area contributed by atoms with Crippen molar-refractivity contribution in [1.29, 1.82) is 0 Å². The summed E-state index contributed by atoms with van der Waals surface area (Å²) >= 11 is 0. The lowest BCUT2D eigenvalue weighted by Gasteiger charge is -2.39. The number of aliphatic hydroxyl groups excluding tert-OH is 4. The van der Waals surface area contributed by atoms with Crippen LogP contribution >= 0.6 is 0 Å². The zero-order valence-corrected chi connectivity index (χ0v) is 25.2. The summed E-state index contributed by atoms with van der Waals surface area (Å²) in [6.45, 7) is 0.830. The first kappa shape index (κ1) is 33.2. The number of methoxy groups -OCH3 is 1. The number of carbonyl (C=O) groups is 1. The van der Waals surface area contributed by atoms with Gasteiger partial charge in [-0.25, -0.2) is 0 Å². The van der Waals surface area contributed by atoms with E-state index >= 15 is 0 Å². The fourth-order valence-electron chi connectivity index (χ4n) is 8.07. The van der Waals surface area contributed by atoms with Crippen LogP contribution in [0, 0.1) is 23.7 Å². The molecule has 9 nitrogen and oxygen atoms in total. The van der Waals surface area contributed by atoms with Gasteiger partial charge in [0.2, 0.25) is 0 Å². The van der Waals surface area contributed by atoms with Gasteiger partial charge < -0.3 is 41.0 Å². The fraction of sp³-hybridized carbons (Fsp3) is 0.969. The summed E-state index contributed by atoms with van der Waals surface area (Å²) in [6.07, 6.45) is 10.6. The zero-order valence-electron chi connectivity index (χ0n) is 25.2. The number of ketones is 1. The second kappa shape index (κ2) is 16.4. The lowest BCUT2D eigenvalue weighted by atomic mass is 9.76. The molecule has 0 spiro atoms. The second-order valence-electron chi connectivity index (χ2n) is 13.8. The molecule has 0 amide bonds. The fourth-order valence-corrected chi connectivity index (χ4v) is 8.07. The maximum absolute atomic E-state index is 13.7. The van der Waals surface area contributed by atoms with Crippen LogP contribution < -0.4 is 11.1 Å². The van der Waals surface area contributed by atoms with Crippen LogP contribution in [-0.2, 0) is 14.3 Å². The predicted molar refractivity (Wildman–Crippen MR) is 157 cm³/mol. The number of aliphatic hydroxyl groups is 4. The standard InChI is InChI=1S/C32H58N2O7/c1-40-29-17-20(8-12-27(29)37)7-10-25(35)24(15-22-13-14-34-31(33)19-22)26(36)11-9-21-16-28(38)32(39)30(18-21)41-23-5-3-2-4-6-23/h20-25,27-32,34-35,37-39H,2-19,33H2,1H3. The van der Waals surface area contributed by atoms with Gasteiger partial charge in [-0.3, -0.25) is 4.79 Å². The number of hydrogen-bond donors (Lipinski definition) is 6. The first-order valence-electron chi connectivity index (χ1n) is 16.7. The Morgan fingerprint density at radius 3 is 2.37 bits per heavy atom. The van der Waals surface area contributed by atoms with E-state index in [0.29, 0.717) is 56.8 Å². The molecular weight excluding hydrogens is 524 g/mol. The topological polar surface area (TPSA) is 154 Å². The molecule has 9 heteroatoms. The van der Waals surface area contributed by atoms with Crippen molar-refractivity contribution in [2.45, 2.75) is 158 Å². The molecule has 1 heterocycles. The van der Waals surface area contributed by atoms with Gasteiger partial charge in [-0.05, 0) is 108 Å². The summed E-state index contributed by atoms with van der Waals surface area (Å²) in [5.41, 5.74) is 6.16. The number of Topliss-reactive ketones (excluding diaryl/α,β-unsaturated/α-hetero) is 1. The Kier molecular flexibility index (Phi) is 13.3. The average Bonchev–Trinajstić information content (AvgIpc) is 2.97. The molecule has 3 saturated carbocycles. The highest BCUT2D eigenvalue weighted by Crippen LogP contribution is 2.36. The molecule has 0 bridgehead atoms. The monoisotopic (exact) mass is 582 g/mol. The maximum atomic E-state index is 13.7. The highest BCUT2D eigenvalue weighted by Gasteiger charge is 2.39. The molecule has 0 aromatic rings. The van der Waals surface area contributed by atoms with Gasteiger partial charge in [-0.15, -0.1) is 0 Å². The number of piperidine rings is 1. The van der Waals surface area contributed by atoms with Crippen molar-refractivity contribution >= 4 is 5.78 Å². The Morgan fingerprint density at radius 2 is 1.63 bits per heavy atom. The van der Waals surface area contributed by atoms with Crippen molar-refractivity contribution in [2.24, 2.45) is 29.4 Å². The van der Waals surface area contributed by atoms with Crippen LogP contribution in [0.2, 0.25) is 0 Å². The van der Waals surface area contributed by atoms with Gasteiger partial charge in [-0.2, -0.15) is 0 Å². The normalized spacial score (nSPS) is 38.8. The van der Waals surface area contributed by atoms with Crippen molar-refractivity contribution in [3.05, 3.63) is 0 Å². The molecule has 238 valence electrons. The maximum Gasteiger partial charge on any atom is 0.138 e. The van der Waals surface area contributed by atoms with E-state index in [2.05, 4.69) is 5.32 Å². The highest BCUT2D eigenvalue weighted by atomic mass is 16.5. The van der Waals surface area contributed by atoms with E-state index in [9.17, 15) is 25.2 Å². The van der Waals surface area contributed by atoms with Crippen LogP contribution in [-0.4, -0.2) is 88.8 Å². The first-order valence-corrected chi connectivity index (χ1v) is 16.7. The van der Waals surface area contributed by atoms with Crippen molar-refractivity contribution in [3.8, 4) is 0 Å². The predicted octanol–water partition coefficient (Wildman–Crippen LogP) is 2.79. The number of ether oxygens (including phenoxy) is 2. The molecule has 11 atom stereocenters. The van der Waals surface area contributed by atoms with Crippen LogP contribution in [0.1, 0.15) is 109 Å². The first-order chi connectivity index (χ1) is 19.7. The van der Waals surface area contributed by atoms with Gasteiger partial charge in [0.1, 0.15) is 11.9 Å². The third kappa shape index (κ3) is 9.93. The largest absolute Gasteiger partial charge is 0.392 e. The third-order valence-corrected chi connectivity index (χ3v) is 10.7. The Morgan fingerprint density at radius 1 is 0.878 bits per heavy atom. The Bertz CT molecular complexity index is 781. The number of hydrogen-bond acceptors (Lipinski definition) is 9. The van der Waals surface area contributed by atoms with E-state index in [-0.39, 0.29) is 36.2 Å². The van der Waals surface area contributed by atoms with Crippen molar-refractivity contribution in [1.82, 2.24) is 5.32 Å². The smallest absolute Gasteiger partial charge is 0.138 e. The van der Waals surface area contributed by atoms with Crippen molar-refractivity contribution in [3.63, 3.8) is 0 Å². The minimum Gasteiger partial charge on any atom is -0.392 e. The van der Waals surface area contributed by atoms with E-state index in [1.54, 1.807) is 7.11 Å². The summed E-state index contributed by atoms with van der Waals surface area (Å²) < 4.78 is 11.7. The third-order valence-electron chi connectivity index (χ3n) is 10.7. The van der Waals surface area contributed by atoms with Crippen LogP contribution in [0.5, 0.6) is 0 Å². The molecule has 3 aliphatic carbocycles. The zero-order chi connectivity index (χ0) is 29.4. The van der Waals surface area contributed by atoms with Crippen molar-refractivity contribution < 1.29 is 34.7 Å². The van der Waals surface area contributed by atoms with Gasteiger partial charge in [-0.1, -0.05) is 19.3 Å². The van der Waals surface area contributed by atoms with E-state index in [1.165, 1.54) is 6.42 Å². The second-order valence-corrected chi connectivity index (χ2v) is 13.8. The summed E-state index contributed by atoms with van der Waals surface area (Å²) in [7, 11) is 1.64. The average molecular weight is 583 g/mol. The summed E-state index contributed by atoms with van der Waals surface area (Å²) in [4.78, 5) is 13.7. The van der Waals surface area contributed by atoms with Crippen LogP contribution in [0.4, 0.5) is 0 Å². The molecule has 1 saturated heterocycles. The summed E-state index contributed by atoms with van der Waals surface area (Å²) in [6, 6.07) is 0. The molecule has 0 radical (unpaired) electrons. The van der Waals surface area contributed by atoms with Gasteiger partial charge >= 0.3 is 0 Å². The van der Waals surface area contributed by atoms with Gasteiger partial charge in [0.25, 0.3) is 0 Å². The molecule has 0 aromatic carbocycles. The van der Waals surface area contributed by atoms with Crippen LogP contribution in [0.25, 0.3) is 0 Å². The van der Waals surface area contributed by atoms with E-state index in [4.69, 9.17) is 15.2 Å². The van der Waals surface area contributed by atoms with E-state index < -0.39 is 30.3 Å².